The van der Waals surface area contributed by atoms with Gasteiger partial charge in [-0.15, -0.1) is 0 Å². The molecule has 4 fully saturated rings. The van der Waals surface area contributed by atoms with E-state index in [0.29, 0.717) is 5.56 Å². The molecule has 4 saturated carbocycles. The summed E-state index contributed by atoms with van der Waals surface area (Å²) in [6, 6.07) is 5.87. The molecule has 1 aromatic rings. The van der Waals surface area contributed by atoms with Gasteiger partial charge in [-0.3, -0.25) is 4.79 Å². The molecule has 4 bridgehead atoms. The summed E-state index contributed by atoms with van der Waals surface area (Å²) in [5, 5.41) is 3.21. The fourth-order valence-electron chi connectivity index (χ4n) is 5.82. The third-order valence-electron chi connectivity index (χ3n) is 6.61. The van der Waals surface area contributed by atoms with E-state index in [4.69, 9.17) is 4.74 Å². The molecule has 4 aliphatic rings. The molecule has 0 aliphatic heterocycles. The van der Waals surface area contributed by atoms with Crippen molar-refractivity contribution in [3.8, 4) is 5.75 Å². The van der Waals surface area contributed by atoms with Crippen molar-refractivity contribution in [2.45, 2.75) is 63.7 Å². The van der Waals surface area contributed by atoms with Gasteiger partial charge < -0.3 is 14.8 Å². The number of rotatable bonds is 7. The van der Waals surface area contributed by atoms with Crippen LogP contribution in [0.1, 0.15) is 51.0 Å². The van der Waals surface area contributed by atoms with E-state index < -0.39 is 18.7 Å². The number of benzene rings is 1. The Kier molecular flexibility index (Phi) is 5.80. The molecule has 7 heteroatoms. The molecule has 1 aromatic carbocycles. The van der Waals surface area contributed by atoms with Crippen molar-refractivity contribution in [1.82, 2.24) is 5.32 Å². The Balaban J connectivity index is 1.28. The lowest BCUT2D eigenvalue weighted by molar-refractivity contribution is -0.152. The van der Waals surface area contributed by atoms with E-state index in [0.717, 1.165) is 37.0 Å². The zero-order valence-corrected chi connectivity index (χ0v) is 17.0. The molecule has 5 rings (SSSR count). The maximum atomic E-state index is 12.7. The molecule has 0 aromatic heterocycles. The van der Waals surface area contributed by atoms with Gasteiger partial charge in [-0.05, 0) is 87.0 Å². The Morgan fingerprint density at radius 2 is 1.63 bits per heavy atom. The summed E-state index contributed by atoms with van der Waals surface area (Å²) in [6.07, 6.45) is 8.83. The maximum Gasteiger partial charge on any atom is 0.387 e. The zero-order chi connectivity index (χ0) is 21.3. The minimum atomic E-state index is -2.88. The first-order chi connectivity index (χ1) is 14.3. The molecule has 1 atom stereocenters. The average molecular weight is 419 g/mol. The zero-order valence-electron chi connectivity index (χ0n) is 17.0. The molecular formula is C23H27F2NO4. The molecule has 0 unspecified atom stereocenters. The van der Waals surface area contributed by atoms with Gasteiger partial charge in [0.2, 0.25) is 0 Å². The maximum absolute atomic E-state index is 12.7. The Hall–Kier alpha value is -2.44. The quantitative estimate of drug-likeness (QED) is 0.528. The molecule has 1 amide bonds. The molecule has 1 N–H and O–H groups in total. The number of halogens is 2. The van der Waals surface area contributed by atoms with E-state index in [2.05, 4.69) is 10.1 Å². The first-order valence-electron chi connectivity index (χ1n) is 10.6. The monoisotopic (exact) mass is 419 g/mol. The van der Waals surface area contributed by atoms with Gasteiger partial charge in [0.1, 0.15) is 5.75 Å². The van der Waals surface area contributed by atoms with Crippen molar-refractivity contribution < 1.29 is 27.8 Å². The standard InChI is InChI=1S/C23H27F2NO4/c1-14(21(28)26-23-11-16-8-17(12-23)10-18(9-16)13-23)29-20(27)7-4-15-2-5-19(6-3-15)30-22(24)25/h2-7,14,16-18,22H,8-13H2,1H3,(H,26,28)/b7-4+/t14-,16?,17?,18?,23?/m1/s1. The van der Waals surface area contributed by atoms with Gasteiger partial charge in [0.05, 0.1) is 0 Å². The van der Waals surface area contributed by atoms with E-state index in [1.807, 2.05) is 0 Å². The van der Waals surface area contributed by atoms with E-state index in [-0.39, 0.29) is 17.2 Å². The molecule has 0 heterocycles. The minimum Gasteiger partial charge on any atom is -0.449 e. The van der Waals surface area contributed by atoms with E-state index >= 15 is 0 Å². The Bertz CT molecular complexity index is 786. The molecule has 162 valence electrons. The number of hydrogen-bond donors (Lipinski definition) is 1. The second-order valence-electron chi connectivity index (χ2n) is 9.05. The third kappa shape index (κ3) is 4.82. The number of ether oxygens (including phenoxy) is 2. The summed E-state index contributed by atoms with van der Waals surface area (Å²) in [4.78, 5) is 24.8. The summed E-state index contributed by atoms with van der Waals surface area (Å²) < 4.78 is 33.9. The highest BCUT2D eigenvalue weighted by atomic mass is 19.3. The number of alkyl halides is 2. The van der Waals surface area contributed by atoms with Crippen LogP contribution in [-0.4, -0.2) is 30.1 Å². The van der Waals surface area contributed by atoms with E-state index in [1.165, 1.54) is 43.5 Å². The molecule has 4 aliphatic carbocycles. The van der Waals surface area contributed by atoms with Gasteiger partial charge in [0.15, 0.2) is 6.10 Å². The summed E-state index contributed by atoms with van der Waals surface area (Å²) >= 11 is 0. The summed E-state index contributed by atoms with van der Waals surface area (Å²) in [5.41, 5.74) is 0.504. The summed E-state index contributed by atoms with van der Waals surface area (Å²) in [6.45, 7) is -1.30. The lowest BCUT2D eigenvalue weighted by Gasteiger charge is -2.57. The lowest BCUT2D eigenvalue weighted by atomic mass is 9.53. The minimum absolute atomic E-state index is 0.0414. The van der Waals surface area contributed by atoms with Crippen molar-refractivity contribution in [1.29, 1.82) is 0 Å². The number of amides is 1. The predicted molar refractivity (Wildman–Crippen MR) is 107 cm³/mol. The number of hydrogen-bond acceptors (Lipinski definition) is 4. The average Bonchev–Trinajstić information content (AvgIpc) is 2.65. The van der Waals surface area contributed by atoms with Gasteiger partial charge in [-0.25, -0.2) is 4.79 Å². The number of carbonyl (C=O) groups is 2. The van der Waals surface area contributed by atoms with Gasteiger partial charge in [0, 0.05) is 11.6 Å². The van der Waals surface area contributed by atoms with Crippen molar-refractivity contribution in [2.75, 3.05) is 0 Å². The van der Waals surface area contributed by atoms with Crippen LogP contribution in [0.4, 0.5) is 8.78 Å². The number of esters is 1. The van der Waals surface area contributed by atoms with Crippen LogP contribution in [0.25, 0.3) is 6.08 Å². The van der Waals surface area contributed by atoms with Crippen LogP contribution in [0.3, 0.4) is 0 Å². The summed E-state index contributed by atoms with van der Waals surface area (Å²) in [7, 11) is 0. The first-order valence-corrected chi connectivity index (χ1v) is 10.6. The van der Waals surface area contributed by atoms with Crippen molar-refractivity contribution in [2.24, 2.45) is 17.8 Å². The molecule has 0 radical (unpaired) electrons. The van der Waals surface area contributed by atoms with Gasteiger partial charge in [-0.2, -0.15) is 8.78 Å². The first kappa shape index (κ1) is 20.8. The smallest absolute Gasteiger partial charge is 0.387 e. The fourth-order valence-corrected chi connectivity index (χ4v) is 5.82. The van der Waals surface area contributed by atoms with Gasteiger partial charge in [-0.1, -0.05) is 12.1 Å². The molecular weight excluding hydrogens is 392 g/mol. The second kappa shape index (κ2) is 8.36. The normalized spacial score (nSPS) is 30.5. The van der Waals surface area contributed by atoms with Crippen molar-refractivity contribution in [3.63, 3.8) is 0 Å². The van der Waals surface area contributed by atoms with Gasteiger partial charge >= 0.3 is 12.6 Å². The predicted octanol–water partition coefficient (Wildman–Crippen LogP) is 4.32. The van der Waals surface area contributed by atoms with Crippen LogP contribution in [-0.2, 0) is 14.3 Å². The molecule has 5 nitrogen and oxygen atoms in total. The highest BCUT2D eigenvalue weighted by molar-refractivity contribution is 5.90. The van der Waals surface area contributed by atoms with Crippen LogP contribution in [0, 0.1) is 17.8 Å². The van der Waals surface area contributed by atoms with Crippen LogP contribution in [0.15, 0.2) is 30.3 Å². The van der Waals surface area contributed by atoms with Crippen LogP contribution >= 0.6 is 0 Å². The largest absolute Gasteiger partial charge is 0.449 e. The topological polar surface area (TPSA) is 64.6 Å². The van der Waals surface area contributed by atoms with Crippen molar-refractivity contribution in [3.05, 3.63) is 35.9 Å². The van der Waals surface area contributed by atoms with Crippen LogP contribution in [0.2, 0.25) is 0 Å². The van der Waals surface area contributed by atoms with Gasteiger partial charge in [0.25, 0.3) is 5.91 Å². The summed E-state index contributed by atoms with van der Waals surface area (Å²) in [5.74, 6) is 1.32. The highest BCUT2D eigenvalue weighted by Crippen LogP contribution is 2.55. The second-order valence-corrected chi connectivity index (χ2v) is 9.05. The van der Waals surface area contributed by atoms with Crippen LogP contribution < -0.4 is 10.1 Å². The lowest BCUT2D eigenvalue weighted by Crippen LogP contribution is -2.61. The number of carbonyl (C=O) groups excluding carboxylic acids is 2. The Morgan fingerprint density at radius 3 is 2.17 bits per heavy atom. The Labute approximate surface area is 174 Å². The molecule has 0 spiro atoms. The SMILES string of the molecule is C[C@@H](OC(=O)/C=C/c1ccc(OC(F)F)cc1)C(=O)NC12CC3CC(CC(C3)C1)C2. The van der Waals surface area contributed by atoms with Crippen LogP contribution in [0.5, 0.6) is 5.75 Å². The van der Waals surface area contributed by atoms with E-state index in [9.17, 15) is 18.4 Å². The Morgan fingerprint density at radius 1 is 1.07 bits per heavy atom. The molecule has 30 heavy (non-hydrogen) atoms. The molecule has 0 saturated heterocycles. The van der Waals surface area contributed by atoms with Crippen molar-refractivity contribution >= 4 is 18.0 Å². The fraction of sp³-hybridized carbons (Fsp3) is 0.565. The third-order valence-corrected chi connectivity index (χ3v) is 6.61. The van der Waals surface area contributed by atoms with E-state index in [1.54, 1.807) is 19.1 Å². The highest BCUT2D eigenvalue weighted by Gasteiger charge is 2.51. The number of nitrogens with one attached hydrogen (secondary N) is 1.